The van der Waals surface area contributed by atoms with Crippen molar-refractivity contribution in [1.82, 2.24) is 0 Å². The third kappa shape index (κ3) is 14.1. The molecule has 33 heavy (non-hydrogen) atoms. The predicted molar refractivity (Wildman–Crippen MR) is 112 cm³/mol. The molecule has 0 aliphatic heterocycles. The summed E-state index contributed by atoms with van der Waals surface area (Å²) in [7, 11) is 0. The van der Waals surface area contributed by atoms with Crippen molar-refractivity contribution in [1.29, 1.82) is 0 Å². The zero-order chi connectivity index (χ0) is 24.5. The van der Waals surface area contributed by atoms with Crippen molar-refractivity contribution < 1.29 is 53.1 Å². The number of ether oxygens (including phenoxy) is 4. The molecule has 1 aromatic rings. The number of benzene rings is 1. The number of aliphatic carboxylic acids is 2. The van der Waals surface area contributed by atoms with Crippen LogP contribution in [0.4, 0.5) is 0 Å². The molecule has 11 heteroatoms. The van der Waals surface area contributed by atoms with Crippen LogP contribution in [-0.4, -0.2) is 66.5 Å². The highest BCUT2D eigenvalue weighted by atomic mass is 16.5. The van der Waals surface area contributed by atoms with E-state index in [9.17, 15) is 24.0 Å². The van der Waals surface area contributed by atoms with E-state index in [0.717, 1.165) is 0 Å². The SMILES string of the molecule is O=C(O)CCCC(=O)OCCCOc1ccc(C(=O)OCCCOC(=O)CCC(=O)O)cc1. The predicted octanol–water partition coefficient (Wildman–Crippen LogP) is 2.21. The molecule has 0 aromatic heterocycles. The van der Waals surface area contributed by atoms with E-state index in [-0.39, 0.29) is 65.0 Å². The van der Waals surface area contributed by atoms with Gasteiger partial charge in [-0.3, -0.25) is 19.2 Å². The van der Waals surface area contributed by atoms with Crippen LogP contribution in [0.25, 0.3) is 0 Å². The van der Waals surface area contributed by atoms with Gasteiger partial charge in [-0.1, -0.05) is 0 Å². The number of esters is 3. The number of carboxylic acids is 2. The second kappa shape index (κ2) is 16.1. The minimum atomic E-state index is -1.08. The smallest absolute Gasteiger partial charge is 0.338 e. The Morgan fingerprint density at radius 3 is 1.76 bits per heavy atom. The van der Waals surface area contributed by atoms with E-state index >= 15 is 0 Å². The maximum atomic E-state index is 12.0. The van der Waals surface area contributed by atoms with Crippen molar-refractivity contribution in [2.24, 2.45) is 0 Å². The van der Waals surface area contributed by atoms with Gasteiger partial charge >= 0.3 is 29.8 Å². The zero-order valence-electron chi connectivity index (χ0n) is 18.2. The number of carbonyl (C=O) groups is 5. The maximum absolute atomic E-state index is 12.0. The first-order chi connectivity index (χ1) is 15.8. The lowest BCUT2D eigenvalue weighted by molar-refractivity contribution is -0.148. The van der Waals surface area contributed by atoms with Gasteiger partial charge in [0.15, 0.2) is 0 Å². The number of hydrogen-bond acceptors (Lipinski definition) is 9. The molecular weight excluding hydrogens is 440 g/mol. The van der Waals surface area contributed by atoms with Crippen molar-refractivity contribution >= 4 is 29.8 Å². The fourth-order valence-corrected chi connectivity index (χ4v) is 2.35. The molecule has 0 radical (unpaired) electrons. The van der Waals surface area contributed by atoms with Crippen molar-refractivity contribution in [3.63, 3.8) is 0 Å². The van der Waals surface area contributed by atoms with Crippen LogP contribution in [0.15, 0.2) is 24.3 Å². The molecule has 0 fully saturated rings. The lowest BCUT2D eigenvalue weighted by Gasteiger charge is -2.08. The Bertz CT molecular complexity index is 786. The molecule has 0 bridgehead atoms. The summed E-state index contributed by atoms with van der Waals surface area (Å²) in [5, 5.41) is 17.0. The molecule has 0 saturated heterocycles. The average molecular weight is 468 g/mol. The topological polar surface area (TPSA) is 163 Å². The van der Waals surface area contributed by atoms with Crippen LogP contribution in [0.3, 0.4) is 0 Å². The molecule has 0 spiro atoms. The van der Waals surface area contributed by atoms with Gasteiger partial charge in [-0.05, 0) is 30.7 Å². The first kappa shape index (κ1) is 27.4. The first-order valence-electron chi connectivity index (χ1n) is 10.4. The molecule has 0 heterocycles. The van der Waals surface area contributed by atoms with E-state index in [1.165, 1.54) is 12.1 Å². The van der Waals surface area contributed by atoms with Crippen LogP contribution >= 0.6 is 0 Å². The van der Waals surface area contributed by atoms with Gasteiger partial charge in [0.25, 0.3) is 0 Å². The summed E-state index contributed by atoms with van der Waals surface area (Å²) in [6, 6.07) is 6.26. The van der Waals surface area contributed by atoms with Crippen LogP contribution in [0.5, 0.6) is 5.75 Å². The van der Waals surface area contributed by atoms with Crippen LogP contribution in [0, 0.1) is 0 Å². The van der Waals surface area contributed by atoms with Gasteiger partial charge in [-0.25, -0.2) is 4.79 Å². The Balaban J connectivity index is 2.14. The fraction of sp³-hybridized carbons (Fsp3) is 0.500. The van der Waals surface area contributed by atoms with Gasteiger partial charge in [0.1, 0.15) is 5.75 Å². The molecule has 0 aliphatic rings. The highest BCUT2D eigenvalue weighted by molar-refractivity contribution is 5.89. The Hall–Kier alpha value is -3.63. The fourth-order valence-electron chi connectivity index (χ4n) is 2.35. The van der Waals surface area contributed by atoms with Gasteiger partial charge in [-0.2, -0.15) is 0 Å². The highest BCUT2D eigenvalue weighted by Gasteiger charge is 2.09. The molecule has 1 aromatic carbocycles. The van der Waals surface area contributed by atoms with Crippen LogP contribution in [-0.2, 0) is 33.4 Å². The van der Waals surface area contributed by atoms with Crippen molar-refractivity contribution in [2.75, 3.05) is 26.4 Å². The van der Waals surface area contributed by atoms with Crippen LogP contribution < -0.4 is 4.74 Å². The van der Waals surface area contributed by atoms with E-state index < -0.39 is 29.8 Å². The molecule has 0 unspecified atom stereocenters. The number of carbonyl (C=O) groups excluding carboxylic acids is 3. The summed E-state index contributed by atoms with van der Waals surface area (Å²) < 4.78 is 20.4. The molecular formula is C22H28O11. The number of hydrogen-bond donors (Lipinski definition) is 2. The molecule has 2 N–H and O–H groups in total. The lowest BCUT2D eigenvalue weighted by Crippen LogP contribution is -2.12. The Morgan fingerprint density at radius 2 is 1.15 bits per heavy atom. The lowest BCUT2D eigenvalue weighted by atomic mass is 10.2. The Kier molecular flexibility index (Phi) is 13.3. The van der Waals surface area contributed by atoms with Crippen molar-refractivity contribution in [2.45, 2.75) is 44.9 Å². The molecule has 0 aliphatic carbocycles. The summed E-state index contributed by atoms with van der Waals surface area (Å²) >= 11 is 0. The molecule has 0 amide bonds. The Labute approximate surface area is 190 Å². The van der Waals surface area contributed by atoms with Gasteiger partial charge < -0.3 is 29.2 Å². The normalized spacial score (nSPS) is 10.2. The molecule has 182 valence electrons. The quantitative estimate of drug-likeness (QED) is 0.196. The first-order valence-corrected chi connectivity index (χ1v) is 10.4. The molecule has 0 atom stereocenters. The van der Waals surface area contributed by atoms with E-state index in [1.54, 1.807) is 12.1 Å². The van der Waals surface area contributed by atoms with Crippen LogP contribution in [0.2, 0.25) is 0 Å². The van der Waals surface area contributed by atoms with Crippen molar-refractivity contribution in [3.8, 4) is 5.75 Å². The van der Waals surface area contributed by atoms with E-state index in [0.29, 0.717) is 17.7 Å². The molecule has 11 nitrogen and oxygen atoms in total. The summed E-state index contributed by atoms with van der Waals surface area (Å²) in [5.41, 5.74) is 0.316. The van der Waals surface area contributed by atoms with Gasteiger partial charge in [0.05, 0.1) is 44.8 Å². The van der Waals surface area contributed by atoms with Gasteiger partial charge in [-0.15, -0.1) is 0 Å². The van der Waals surface area contributed by atoms with Crippen LogP contribution in [0.1, 0.15) is 55.3 Å². The third-order valence-corrected chi connectivity index (χ3v) is 4.01. The second-order valence-corrected chi connectivity index (χ2v) is 6.80. The second-order valence-electron chi connectivity index (χ2n) is 6.80. The van der Waals surface area contributed by atoms with E-state index in [1.807, 2.05) is 0 Å². The minimum Gasteiger partial charge on any atom is -0.493 e. The average Bonchev–Trinajstić information content (AvgIpc) is 2.77. The van der Waals surface area contributed by atoms with Crippen molar-refractivity contribution in [3.05, 3.63) is 29.8 Å². The molecule has 0 saturated carbocycles. The van der Waals surface area contributed by atoms with E-state index in [2.05, 4.69) is 0 Å². The standard InChI is InChI=1S/C22H28O11/c23-18(24)4-1-5-20(27)31-13-2-12-30-17-8-6-16(7-9-17)22(29)33-15-3-14-32-21(28)11-10-19(25)26/h6-9H,1-5,10-15H2,(H,23,24)(H,25,26). The Morgan fingerprint density at radius 1 is 0.606 bits per heavy atom. The van der Waals surface area contributed by atoms with E-state index in [4.69, 9.17) is 29.2 Å². The van der Waals surface area contributed by atoms with Gasteiger partial charge in [0.2, 0.25) is 0 Å². The zero-order valence-corrected chi connectivity index (χ0v) is 18.2. The number of rotatable bonds is 17. The molecule has 1 rings (SSSR count). The van der Waals surface area contributed by atoms with Gasteiger partial charge in [0, 0.05) is 25.7 Å². The summed E-state index contributed by atoms with van der Waals surface area (Å²) in [5.74, 6) is -3.13. The third-order valence-electron chi connectivity index (χ3n) is 4.01. The summed E-state index contributed by atoms with van der Waals surface area (Å²) in [6.45, 7) is 0.511. The number of carboxylic acid groups (broad SMARTS) is 2. The summed E-state index contributed by atoms with van der Waals surface area (Å²) in [4.78, 5) is 55.4. The monoisotopic (exact) mass is 468 g/mol. The highest BCUT2D eigenvalue weighted by Crippen LogP contribution is 2.13. The minimum absolute atomic E-state index is 0.0240. The summed E-state index contributed by atoms with van der Waals surface area (Å²) in [6.07, 6.45) is 0.461. The maximum Gasteiger partial charge on any atom is 0.338 e. The largest absolute Gasteiger partial charge is 0.493 e.